The Morgan fingerprint density at radius 3 is 2.70 bits per heavy atom. The molecule has 0 N–H and O–H groups in total. The predicted molar refractivity (Wildman–Crippen MR) is 86.7 cm³/mol. The Morgan fingerprint density at radius 2 is 2.13 bits per heavy atom. The maximum atomic E-state index is 12.0. The van der Waals surface area contributed by atoms with Crippen LogP contribution < -0.4 is 4.90 Å². The van der Waals surface area contributed by atoms with E-state index in [1.54, 1.807) is 0 Å². The summed E-state index contributed by atoms with van der Waals surface area (Å²) < 4.78 is 29.8. The molecular weight excluding hydrogens is 322 g/mol. The second-order valence-electron chi connectivity index (χ2n) is 5.88. The van der Waals surface area contributed by atoms with Crippen molar-refractivity contribution in [3.63, 3.8) is 0 Å². The Kier molecular flexibility index (Phi) is 5.23. The van der Waals surface area contributed by atoms with Gasteiger partial charge in [0.25, 0.3) is 5.69 Å². The Bertz CT molecular complexity index is 690. The summed E-state index contributed by atoms with van der Waals surface area (Å²) in [5.41, 5.74) is 0.262. The molecule has 9 heteroatoms. The Balaban J connectivity index is 2.36. The van der Waals surface area contributed by atoms with Gasteiger partial charge in [-0.1, -0.05) is 0 Å². The molecule has 1 aliphatic rings. The van der Waals surface area contributed by atoms with Gasteiger partial charge in [0, 0.05) is 38.0 Å². The van der Waals surface area contributed by atoms with Crippen molar-refractivity contribution in [2.75, 3.05) is 51.5 Å². The molecule has 23 heavy (non-hydrogen) atoms. The number of hydrogen-bond donors (Lipinski definition) is 0. The molecule has 1 atom stereocenters. The molecule has 1 aromatic carbocycles. The smallest absolute Gasteiger partial charge is 0.270 e. The standard InChI is InChI=1S/C14H21N3O5S/c1-15(2)9-12-10-16(6-7-22-12)13-5-4-11(17(18)19)8-14(13)23(3,20)21/h4-5,8,12H,6-7,9-10H2,1-3H3. The lowest BCUT2D eigenvalue weighted by atomic mass is 10.2. The predicted octanol–water partition coefficient (Wildman–Crippen LogP) is 0.765. The van der Waals surface area contributed by atoms with Crippen molar-refractivity contribution >= 4 is 21.2 Å². The van der Waals surface area contributed by atoms with Crippen LogP contribution in [0.25, 0.3) is 0 Å². The lowest BCUT2D eigenvalue weighted by Gasteiger charge is -2.36. The van der Waals surface area contributed by atoms with Crippen LogP contribution in [0.2, 0.25) is 0 Å². The minimum absolute atomic E-state index is 0.0165. The van der Waals surface area contributed by atoms with Gasteiger partial charge in [0.1, 0.15) is 0 Å². The van der Waals surface area contributed by atoms with Gasteiger partial charge in [0.15, 0.2) is 9.84 Å². The van der Waals surface area contributed by atoms with Crippen LogP contribution in [0.15, 0.2) is 23.1 Å². The van der Waals surface area contributed by atoms with E-state index in [1.807, 2.05) is 23.9 Å². The molecule has 1 unspecified atom stereocenters. The van der Waals surface area contributed by atoms with E-state index in [9.17, 15) is 18.5 Å². The number of morpholine rings is 1. The van der Waals surface area contributed by atoms with Crippen molar-refractivity contribution in [2.24, 2.45) is 0 Å². The molecule has 0 aromatic heterocycles. The number of anilines is 1. The van der Waals surface area contributed by atoms with Gasteiger partial charge in [-0.3, -0.25) is 10.1 Å². The van der Waals surface area contributed by atoms with Crippen molar-refractivity contribution in [2.45, 2.75) is 11.0 Å². The molecule has 2 rings (SSSR count). The minimum atomic E-state index is -3.58. The van der Waals surface area contributed by atoms with E-state index in [4.69, 9.17) is 4.74 Å². The van der Waals surface area contributed by atoms with Crippen LogP contribution in [0.1, 0.15) is 0 Å². The van der Waals surface area contributed by atoms with E-state index in [-0.39, 0.29) is 16.7 Å². The fourth-order valence-electron chi connectivity index (χ4n) is 2.63. The highest BCUT2D eigenvalue weighted by Gasteiger charge is 2.26. The first kappa shape index (κ1) is 17.6. The number of sulfone groups is 1. The summed E-state index contributed by atoms with van der Waals surface area (Å²) in [6.07, 6.45) is 1.02. The first-order chi connectivity index (χ1) is 10.7. The first-order valence-electron chi connectivity index (χ1n) is 7.18. The SMILES string of the molecule is CN(C)CC1CN(c2ccc([N+](=O)[O-])cc2S(C)(=O)=O)CCO1. The normalized spacial score (nSPS) is 19.1. The van der Waals surface area contributed by atoms with Gasteiger partial charge in [-0.2, -0.15) is 0 Å². The molecule has 1 fully saturated rings. The van der Waals surface area contributed by atoms with Gasteiger partial charge in [0.05, 0.1) is 28.2 Å². The number of benzene rings is 1. The molecule has 0 bridgehead atoms. The molecular formula is C14H21N3O5S. The molecule has 8 nitrogen and oxygen atoms in total. The largest absolute Gasteiger partial charge is 0.373 e. The third-order valence-electron chi connectivity index (χ3n) is 3.60. The third kappa shape index (κ3) is 4.40. The van der Waals surface area contributed by atoms with E-state index in [2.05, 4.69) is 0 Å². The van der Waals surface area contributed by atoms with E-state index in [0.29, 0.717) is 25.4 Å². The maximum absolute atomic E-state index is 12.0. The maximum Gasteiger partial charge on any atom is 0.270 e. The molecule has 0 saturated carbocycles. The molecule has 1 saturated heterocycles. The van der Waals surface area contributed by atoms with Gasteiger partial charge >= 0.3 is 0 Å². The second kappa shape index (κ2) is 6.81. The average molecular weight is 343 g/mol. The number of hydrogen-bond acceptors (Lipinski definition) is 7. The van der Waals surface area contributed by atoms with E-state index in [0.717, 1.165) is 18.9 Å². The van der Waals surface area contributed by atoms with Crippen molar-refractivity contribution in [1.82, 2.24) is 4.90 Å². The van der Waals surface area contributed by atoms with Gasteiger partial charge in [-0.25, -0.2) is 8.42 Å². The van der Waals surface area contributed by atoms with Crippen molar-refractivity contribution in [3.05, 3.63) is 28.3 Å². The third-order valence-corrected chi connectivity index (χ3v) is 4.73. The number of nitro groups is 1. The Hall–Kier alpha value is -1.71. The summed E-state index contributed by atoms with van der Waals surface area (Å²) >= 11 is 0. The van der Waals surface area contributed by atoms with Crippen molar-refractivity contribution in [1.29, 1.82) is 0 Å². The summed E-state index contributed by atoms with van der Waals surface area (Å²) in [6, 6.07) is 3.97. The number of non-ortho nitro benzene ring substituents is 1. The lowest BCUT2D eigenvalue weighted by Crippen LogP contribution is -2.46. The minimum Gasteiger partial charge on any atom is -0.373 e. The zero-order chi connectivity index (χ0) is 17.2. The van der Waals surface area contributed by atoms with Crippen molar-refractivity contribution < 1.29 is 18.1 Å². The molecule has 128 valence electrons. The molecule has 0 spiro atoms. The van der Waals surface area contributed by atoms with Crippen LogP contribution >= 0.6 is 0 Å². The van der Waals surface area contributed by atoms with Crippen molar-refractivity contribution in [3.8, 4) is 0 Å². The zero-order valence-corrected chi connectivity index (χ0v) is 14.2. The Labute approximate surface area is 135 Å². The van der Waals surface area contributed by atoms with Gasteiger partial charge in [0.2, 0.25) is 0 Å². The highest BCUT2D eigenvalue weighted by atomic mass is 32.2. The fourth-order valence-corrected chi connectivity index (χ4v) is 3.54. The Morgan fingerprint density at radius 1 is 1.43 bits per heavy atom. The summed E-state index contributed by atoms with van der Waals surface area (Å²) in [5.74, 6) is 0. The number of ether oxygens (including phenoxy) is 1. The highest BCUT2D eigenvalue weighted by Crippen LogP contribution is 2.30. The van der Waals surface area contributed by atoms with Gasteiger partial charge in [-0.05, 0) is 20.2 Å². The average Bonchev–Trinajstić information content (AvgIpc) is 2.45. The summed E-state index contributed by atoms with van der Waals surface area (Å²) in [6.45, 7) is 2.29. The molecule has 0 amide bonds. The summed E-state index contributed by atoms with van der Waals surface area (Å²) in [4.78, 5) is 14.2. The van der Waals surface area contributed by atoms with E-state index < -0.39 is 14.8 Å². The zero-order valence-electron chi connectivity index (χ0n) is 13.4. The van der Waals surface area contributed by atoms with E-state index >= 15 is 0 Å². The number of nitrogens with zero attached hydrogens (tertiary/aromatic N) is 3. The first-order valence-corrected chi connectivity index (χ1v) is 9.07. The van der Waals surface area contributed by atoms with Crippen LogP contribution in [-0.4, -0.2) is 70.9 Å². The molecule has 0 aliphatic carbocycles. The van der Waals surface area contributed by atoms with Crippen LogP contribution in [0.3, 0.4) is 0 Å². The van der Waals surface area contributed by atoms with Crippen LogP contribution in [0.4, 0.5) is 11.4 Å². The van der Waals surface area contributed by atoms with Gasteiger partial charge < -0.3 is 14.5 Å². The summed E-state index contributed by atoms with van der Waals surface area (Å²) in [5, 5.41) is 10.9. The second-order valence-corrected chi connectivity index (χ2v) is 7.87. The number of nitro benzene ring substituents is 1. The van der Waals surface area contributed by atoms with Crippen LogP contribution in [-0.2, 0) is 14.6 Å². The summed E-state index contributed by atoms with van der Waals surface area (Å²) in [7, 11) is 0.304. The van der Waals surface area contributed by atoms with Crippen LogP contribution in [0, 0.1) is 10.1 Å². The fraction of sp³-hybridized carbons (Fsp3) is 0.571. The highest BCUT2D eigenvalue weighted by molar-refractivity contribution is 7.90. The quantitative estimate of drug-likeness (QED) is 0.576. The number of rotatable bonds is 5. The van der Waals surface area contributed by atoms with E-state index in [1.165, 1.54) is 12.1 Å². The molecule has 0 radical (unpaired) electrons. The molecule has 1 aliphatic heterocycles. The molecule has 1 heterocycles. The molecule has 1 aromatic rings. The monoisotopic (exact) mass is 343 g/mol. The van der Waals surface area contributed by atoms with Crippen LogP contribution in [0.5, 0.6) is 0 Å². The number of likely N-dealkylation sites (N-methyl/N-ethyl adjacent to an activating group) is 1. The topological polar surface area (TPSA) is 93.0 Å². The lowest BCUT2D eigenvalue weighted by molar-refractivity contribution is -0.385. The van der Waals surface area contributed by atoms with Gasteiger partial charge in [-0.15, -0.1) is 0 Å².